The third-order valence-corrected chi connectivity index (χ3v) is 4.39. The van der Waals surface area contributed by atoms with E-state index in [1.807, 2.05) is 36.4 Å². The molecule has 0 saturated heterocycles. The van der Waals surface area contributed by atoms with Crippen LogP contribution in [0, 0.1) is 0 Å². The van der Waals surface area contributed by atoms with Crippen molar-refractivity contribution in [2.45, 2.75) is 13.5 Å². The summed E-state index contributed by atoms with van der Waals surface area (Å²) in [6, 6.07) is 11.5. The largest absolute Gasteiger partial charge is 0.497 e. The minimum atomic E-state index is -0.160. The van der Waals surface area contributed by atoms with Crippen molar-refractivity contribution in [3.63, 3.8) is 0 Å². The standard InChI is InChI=1S/C19H17N3O3/c1-10(23)21-16-6-4-13(18-14(16)9-20-19(18)24)17-8-11-7-12(25-2)3-5-15(11)22-17/h3-8,22H,9H2,1-2H3,(H,20,24)(H,21,23). The van der Waals surface area contributed by atoms with Gasteiger partial charge in [0.15, 0.2) is 0 Å². The van der Waals surface area contributed by atoms with E-state index in [0.29, 0.717) is 17.8 Å². The zero-order valence-electron chi connectivity index (χ0n) is 13.9. The van der Waals surface area contributed by atoms with Gasteiger partial charge in [0, 0.05) is 46.9 Å². The van der Waals surface area contributed by atoms with Crippen LogP contribution < -0.4 is 15.4 Å². The zero-order chi connectivity index (χ0) is 17.6. The van der Waals surface area contributed by atoms with Crippen LogP contribution in [0.15, 0.2) is 36.4 Å². The summed E-state index contributed by atoms with van der Waals surface area (Å²) in [7, 11) is 1.63. The van der Waals surface area contributed by atoms with E-state index in [1.165, 1.54) is 6.92 Å². The van der Waals surface area contributed by atoms with Crippen molar-refractivity contribution in [3.05, 3.63) is 47.5 Å². The number of aromatic amines is 1. The molecule has 0 spiro atoms. The van der Waals surface area contributed by atoms with Crippen LogP contribution in [0.25, 0.3) is 22.2 Å². The van der Waals surface area contributed by atoms with Gasteiger partial charge in [-0.15, -0.1) is 0 Å². The molecule has 2 amide bonds. The highest BCUT2D eigenvalue weighted by Crippen LogP contribution is 2.35. The molecule has 3 aromatic rings. The first-order valence-corrected chi connectivity index (χ1v) is 7.95. The summed E-state index contributed by atoms with van der Waals surface area (Å²) < 4.78 is 5.26. The molecule has 4 rings (SSSR count). The van der Waals surface area contributed by atoms with Gasteiger partial charge in [0.1, 0.15) is 5.75 Å². The third-order valence-electron chi connectivity index (χ3n) is 4.39. The topological polar surface area (TPSA) is 83.2 Å². The second-order valence-electron chi connectivity index (χ2n) is 6.01. The highest BCUT2D eigenvalue weighted by atomic mass is 16.5. The number of fused-ring (bicyclic) bond motifs is 2. The van der Waals surface area contributed by atoms with Gasteiger partial charge >= 0.3 is 0 Å². The van der Waals surface area contributed by atoms with E-state index >= 15 is 0 Å². The Morgan fingerprint density at radius 2 is 2.04 bits per heavy atom. The lowest BCUT2D eigenvalue weighted by Crippen LogP contribution is -2.13. The van der Waals surface area contributed by atoms with Crippen LogP contribution in [0.2, 0.25) is 0 Å². The van der Waals surface area contributed by atoms with Crippen molar-refractivity contribution in [1.82, 2.24) is 10.3 Å². The molecule has 0 unspecified atom stereocenters. The molecule has 0 bridgehead atoms. The summed E-state index contributed by atoms with van der Waals surface area (Å²) in [5, 5.41) is 6.63. The second kappa shape index (κ2) is 5.66. The minimum Gasteiger partial charge on any atom is -0.497 e. The molecule has 1 aliphatic heterocycles. The molecule has 126 valence electrons. The number of hydrogen-bond donors (Lipinski definition) is 3. The molecule has 2 aromatic carbocycles. The molecule has 0 fully saturated rings. The van der Waals surface area contributed by atoms with Crippen LogP contribution >= 0.6 is 0 Å². The summed E-state index contributed by atoms with van der Waals surface area (Å²) in [6.07, 6.45) is 0. The number of carbonyl (C=O) groups excluding carboxylic acids is 2. The first-order valence-electron chi connectivity index (χ1n) is 7.95. The van der Waals surface area contributed by atoms with E-state index in [0.717, 1.165) is 33.5 Å². The molecule has 3 N–H and O–H groups in total. The smallest absolute Gasteiger partial charge is 0.252 e. The molecule has 0 radical (unpaired) electrons. The van der Waals surface area contributed by atoms with Gasteiger partial charge in [-0.1, -0.05) is 0 Å². The van der Waals surface area contributed by atoms with Crippen molar-refractivity contribution in [3.8, 4) is 17.0 Å². The number of nitrogens with one attached hydrogen (secondary N) is 3. The maximum absolute atomic E-state index is 12.4. The Kier molecular flexibility index (Phi) is 3.46. The number of carbonyl (C=O) groups is 2. The summed E-state index contributed by atoms with van der Waals surface area (Å²) in [5.74, 6) is 0.488. The van der Waals surface area contributed by atoms with Crippen molar-refractivity contribution >= 4 is 28.4 Å². The van der Waals surface area contributed by atoms with Gasteiger partial charge < -0.3 is 20.4 Å². The average molecular weight is 335 g/mol. The molecule has 0 atom stereocenters. The predicted molar refractivity (Wildman–Crippen MR) is 95.8 cm³/mol. The molecule has 6 nitrogen and oxygen atoms in total. The number of amides is 2. The fourth-order valence-electron chi connectivity index (χ4n) is 3.26. The number of rotatable bonds is 3. The van der Waals surface area contributed by atoms with Gasteiger partial charge in [-0.25, -0.2) is 0 Å². The summed E-state index contributed by atoms with van der Waals surface area (Å²) in [4.78, 5) is 27.1. The van der Waals surface area contributed by atoms with Crippen LogP contribution in [-0.2, 0) is 11.3 Å². The van der Waals surface area contributed by atoms with E-state index in [9.17, 15) is 9.59 Å². The summed E-state index contributed by atoms with van der Waals surface area (Å²) >= 11 is 0. The van der Waals surface area contributed by atoms with E-state index in [1.54, 1.807) is 7.11 Å². The Labute approximate surface area is 144 Å². The highest BCUT2D eigenvalue weighted by molar-refractivity contribution is 6.07. The molecule has 1 aliphatic rings. The summed E-state index contributed by atoms with van der Waals surface area (Å²) in [6.45, 7) is 1.86. The number of anilines is 1. The fraction of sp³-hybridized carbons (Fsp3) is 0.158. The van der Waals surface area contributed by atoms with Crippen molar-refractivity contribution in [1.29, 1.82) is 0 Å². The molecule has 6 heteroatoms. The number of aromatic nitrogens is 1. The third kappa shape index (κ3) is 2.52. The Bertz CT molecular complexity index is 1020. The molecule has 2 heterocycles. The van der Waals surface area contributed by atoms with Crippen LogP contribution in [0.4, 0.5) is 5.69 Å². The highest BCUT2D eigenvalue weighted by Gasteiger charge is 2.27. The first-order chi connectivity index (χ1) is 12.1. The monoisotopic (exact) mass is 335 g/mol. The SMILES string of the molecule is COc1ccc2[nH]c(-c3ccc(NC(C)=O)c4c3C(=O)NC4)cc2c1. The average Bonchev–Trinajstić information content (AvgIpc) is 3.18. The summed E-state index contributed by atoms with van der Waals surface area (Å²) in [5.41, 5.74) is 4.72. The van der Waals surface area contributed by atoms with E-state index < -0.39 is 0 Å². The van der Waals surface area contributed by atoms with Gasteiger partial charge in [-0.3, -0.25) is 9.59 Å². The van der Waals surface area contributed by atoms with Gasteiger partial charge in [-0.2, -0.15) is 0 Å². The Balaban J connectivity index is 1.87. The maximum atomic E-state index is 12.4. The van der Waals surface area contributed by atoms with E-state index in [2.05, 4.69) is 15.6 Å². The zero-order valence-corrected chi connectivity index (χ0v) is 13.9. The lowest BCUT2D eigenvalue weighted by molar-refractivity contribution is -0.114. The van der Waals surface area contributed by atoms with Crippen LogP contribution in [0.3, 0.4) is 0 Å². The van der Waals surface area contributed by atoms with Crippen LogP contribution in [-0.4, -0.2) is 23.9 Å². The fourth-order valence-corrected chi connectivity index (χ4v) is 3.26. The number of H-pyrrole nitrogens is 1. The number of methoxy groups -OCH3 is 1. The molecular weight excluding hydrogens is 318 g/mol. The molecule has 0 aliphatic carbocycles. The number of benzene rings is 2. The molecule has 1 aromatic heterocycles. The van der Waals surface area contributed by atoms with E-state index in [4.69, 9.17) is 4.74 Å². The van der Waals surface area contributed by atoms with Gasteiger partial charge in [0.2, 0.25) is 5.91 Å². The van der Waals surface area contributed by atoms with Gasteiger partial charge in [0.05, 0.1) is 12.7 Å². The predicted octanol–water partition coefficient (Wildman–Crippen LogP) is 3.05. The quantitative estimate of drug-likeness (QED) is 0.688. The first kappa shape index (κ1) is 15.3. The Morgan fingerprint density at radius 1 is 1.20 bits per heavy atom. The molecular formula is C19H17N3O3. The van der Waals surface area contributed by atoms with Crippen molar-refractivity contribution in [2.75, 3.05) is 12.4 Å². The lowest BCUT2D eigenvalue weighted by atomic mass is 9.98. The van der Waals surface area contributed by atoms with Crippen molar-refractivity contribution in [2.24, 2.45) is 0 Å². The van der Waals surface area contributed by atoms with Crippen LogP contribution in [0.5, 0.6) is 5.75 Å². The molecule has 0 saturated carbocycles. The Hall–Kier alpha value is -3.28. The van der Waals surface area contributed by atoms with Crippen LogP contribution in [0.1, 0.15) is 22.8 Å². The second-order valence-corrected chi connectivity index (χ2v) is 6.01. The lowest BCUT2D eigenvalue weighted by Gasteiger charge is -2.10. The maximum Gasteiger partial charge on any atom is 0.252 e. The Morgan fingerprint density at radius 3 is 2.80 bits per heavy atom. The normalized spacial score (nSPS) is 12.8. The minimum absolute atomic E-state index is 0.131. The van der Waals surface area contributed by atoms with E-state index in [-0.39, 0.29) is 11.8 Å². The van der Waals surface area contributed by atoms with Gasteiger partial charge in [-0.05, 0) is 36.4 Å². The number of hydrogen-bond acceptors (Lipinski definition) is 3. The number of ether oxygens (including phenoxy) is 1. The van der Waals surface area contributed by atoms with Crippen molar-refractivity contribution < 1.29 is 14.3 Å². The van der Waals surface area contributed by atoms with Gasteiger partial charge in [0.25, 0.3) is 5.91 Å². The molecule has 25 heavy (non-hydrogen) atoms.